The largest absolute Gasteiger partial charge is 0.457 e. The number of benzene rings is 4. The van der Waals surface area contributed by atoms with Crippen LogP contribution >= 0.6 is 11.6 Å². The molecule has 0 saturated heterocycles. The third-order valence-electron chi connectivity index (χ3n) is 4.82. The Morgan fingerprint density at radius 2 is 1.58 bits per heavy atom. The number of nitrogens with zero attached hydrogens (tertiary/aromatic N) is 2. The molecular weight excluding hydrogens is 504 g/mol. The lowest BCUT2D eigenvalue weighted by Gasteiger charge is -2.13. The van der Waals surface area contributed by atoms with Crippen molar-refractivity contribution < 1.29 is 18.1 Å². The van der Waals surface area contributed by atoms with Crippen LogP contribution in [0.15, 0.2) is 107 Å². The third kappa shape index (κ3) is 6.17. The van der Waals surface area contributed by atoms with Gasteiger partial charge < -0.3 is 4.74 Å². The van der Waals surface area contributed by atoms with Crippen molar-refractivity contribution in [2.45, 2.75) is 4.90 Å². The number of ether oxygens (including phenoxy) is 1. The van der Waals surface area contributed by atoms with Crippen LogP contribution in [0, 0.1) is 10.1 Å². The minimum atomic E-state index is -4.25. The predicted molar refractivity (Wildman–Crippen MR) is 140 cm³/mol. The summed E-state index contributed by atoms with van der Waals surface area (Å²) >= 11 is 6.07. The Balaban J connectivity index is 1.58. The Morgan fingerprint density at radius 3 is 2.33 bits per heavy atom. The van der Waals surface area contributed by atoms with E-state index < -0.39 is 20.6 Å². The highest BCUT2D eigenvalue weighted by Gasteiger charge is 2.23. The number of sulfonamides is 1. The summed E-state index contributed by atoms with van der Waals surface area (Å²) in [5.41, 5.74) is 3.11. The SMILES string of the molecule is O=[N+]([O-])c1ccc(N/N=C/c2cccc(Oc3ccccc3)c2)c(S(=O)(=O)Nc2ccccc2Cl)c1. The van der Waals surface area contributed by atoms with E-state index >= 15 is 0 Å². The molecule has 9 nitrogen and oxygen atoms in total. The molecule has 4 rings (SSSR count). The van der Waals surface area contributed by atoms with Crippen LogP contribution in [0.4, 0.5) is 17.1 Å². The lowest BCUT2D eigenvalue weighted by Crippen LogP contribution is -2.15. The van der Waals surface area contributed by atoms with Gasteiger partial charge in [-0.1, -0.05) is 54.1 Å². The molecule has 2 N–H and O–H groups in total. The lowest BCUT2D eigenvalue weighted by molar-refractivity contribution is -0.385. The number of hydrogen-bond acceptors (Lipinski definition) is 7. The number of anilines is 2. The summed E-state index contributed by atoms with van der Waals surface area (Å²) in [6.07, 6.45) is 1.47. The Morgan fingerprint density at radius 1 is 0.861 bits per heavy atom. The van der Waals surface area contributed by atoms with Gasteiger partial charge in [0.05, 0.1) is 27.5 Å². The minimum absolute atomic E-state index is 0.0353. The summed E-state index contributed by atoms with van der Waals surface area (Å²) in [7, 11) is -4.25. The molecule has 0 unspecified atom stereocenters. The van der Waals surface area contributed by atoms with E-state index in [-0.39, 0.29) is 21.3 Å². The standard InChI is InChI=1S/C25H19ClN4O5S/c26-22-11-4-5-12-23(22)29-36(33,34)25-16-19(30(31)32)13-14-24(25)28-27-17-18-7-6-10-21(15-18)35-20-8-2-1-3-9-20/h1-17,28-29H/b27-17+. The smallest absolute Gasteiger partial charge is 0.270 e. The molecule has 0 heterocycles. The molecule has 182 valence electrons. The van der Waals surface area contributed by atoms with Gasteiger partial charge in [0.1, 0.15) is 16.4 Å². The maximum atomic E-state index is 13.1. The second-order valence-corrected chi connectivity index (χ2v) is 9.44. The second kappa shape index (κ2) is 10.9. The molecular formula is C25H19ClN4O5S. The van der Waals surface area contributed by atoms with Gasteiger partial charge in [0.15, 0.2) is 0 Å². The van der Waals surface area contributed by atoms with Crippen molar-refractivity contribution in [3.63, 3.8) is 0 Å². The number of hydrazone groups is 1. The maximum absolute atomic E-state index is 13.1. The first-order chi connectivity index (χ1) is 17.3. The van der Waals surface area contributed by atoms with E-state index in [1.807, 2.05) is 30.3 Å². The summed E-state index contributed by atoms with van der Waals surface area (Å²) < 4.78 is 34.4. The number of halogens is 1. The number of nitro groups is 1. The fraction of sp³-hybridized carbons (Fsp3) is 0. The van der Waals surface area contributed by atoms with Crippen LogP contribution in [0.5, 0.6) is 11.5 Å². The van der Waals surface area contributed by atoms with Gasteiger partial charge in [-0.2, -0.15) is 5.10 Å². The highest BCUT2D eigenvalue weighted by molar-refractivity contribution is 7.93. The molecule has 0 saturated carbocycles. The molecule has 0 aromatic heterocycles. The molecule has 0 atom stereocenters. The monoisotopic (exact) mass is 522 g/mol. The van der Waals surface area contributed by atoms with Gasteiger partial charge >= 0.3 is 0 Å². The fourth-order valence-corrected chi connectivity index (χ4v) is 4.64. The molecule has 0 aliphatic carbocycles. The summed E-state index contributed by atoms with van der Waals surface area (Å²) in [5.74, 6) is 1.27. The molecule has 0 aliphatic rings. The molecule has 4 aromatic carbocycles. The predicted octanol–water partition coefficient (Wildman–Crippen LogP) is 6.29. The van der Waals surface area contributed by atoms with E-state index in [2.05, 4.69) is 15.2 Å². The zero-order chi connectivity index (χ0) is 25.5. The van der Waals surface area contributed by atoms with E-state index in [4.69, 9.17) is 16.3 Å². The summed E-state index contributed by atoms with van der Waals surface area (Å²) in [5, 5.41) is 15.6. The molecule has 0 spiro atoms. The van der Waals surface area contributed by atoms with Crippen molar-refractivity contribution in [1.82, 2.24) is 0 Å². The highest BCUT2D eigenvalue weighted by Crippen LogP contribution is 2.30. The molecule has 0 amide bonds. The number of para-hydroxylation sites is 2. The van der Waals surface area contributed by atoms with E-state index in [0.29, 0.717) is 17.1 Å². The van der Waals surface area contributed by atoms with Crippen molar-refractivity contribution in [3.8, 4) is 11.5 Å². The average molecular weight is 523 g/mol. The first-order valence-corrected chi connectivity index (χ1v) is 12.4. The third-order valence-corrected chi connectivity index (χ3v) is 6.55. The highest BCUT2D eigenvalue weighted by atomic mass is 35.5. The Kier molecular flexibility index (Phi) is 7.47. The van der Waals surface area contributed by atoms with Crippen LogP contribution in [0.2, 0.25) is 5.02 Å². The van der Waals surface area contributed by atoms with Crippen LogP contribution in [-0.2, 0) is 10.0 Å². The molecule has 0 radical (unpaired) electrons. The van der Waals surface area contributed by atoms with Gasteiger partial charge in [-0.25, -0.2) is 8.42 Å². The number of nitro benzene ring substituents is 1. The molecule has 0 fully saturated rings. The zero-order valence-electron chi connectivity index (χ0n) is 18.5. The van der Waals surface area contributed by atoms with E-state index in [1.165, 1.54) is 30.5 Å². The molecule has 11 heteroatoms. The van der Waals surface area contributed by atoms with Crippen LogP contribution in [-0.4, -0.2) is 19.6 Å². The topological polar surface area (TPSA) is 123 Å². The Labute approximate surface area is 212 Å². The number of rotatable bonds is 9. The number of hydrogen-bond donors (Lipinski definition) is 2. The lowest BCUT2D eigenvalue weighted by atomic mass is 10.2. The van der Waals surface area contributed by atoms with Crippen molar-refractivity contribution >= 4 is 44.9 Å². The van der Waals surface area contributed by atoms with Crippen molar-refractivity contribution in [2.24, 2.45) is 5.10 Å². The Hall–Kier alpha value is -4.41. The van der Waals surface area contributed by atoms with Gasteiger partial charge in [0, 0.05) is 12.1 Å². The Bertz CT molecular complexity index is 1530. The molecule has 4 aromatic rings. The van der Waals surface area contributed by atoms with Gasteiger partial charge in [0.2, 0.25) is 0 Å². The summed E-state index contributed by atoms with van der Waals surface area (Å²) in [6, 6.07) is 26.0. The molecule has 0 bridgehead atoms. The van der Waals surface area contributed by atoms with E-state index in [0.717, 1.165) is 6.07 Å². The summed E-state index contributed by atoms with van der Waals surface area (Å²) in [6.45, 7) is 0. The summed E-state index contributed by atoms with van der Waals surface area (Å²) in [4.78, 5) is 10.2. The second-order valence-electron chi connectivity index (χ2n) is 7.38. The fourth-order valence-electron chi connectivity index (χ4n) is 3.14. The first kappa shape index (κ1) is 24.7. The average Bonchev–Trinajstić information content (AvgIpc) is 2.86. The van der Waals surface area contributed by atoms with Crippen molar-refractivity contribution in [3.05, 3.63) is 118 Å². The minimum Gasteiger partial charge on any atom is -0.457 e. The van der Waals surface area contributed by atoms with E-state index in [1.54, 1.807) is 36.4 Å². The maximum Gasteiger partial charge on any atom is 0.270 e. The first-order valence-electron chi connectivity index (χ1n) is 10.5. The van der Waals surface area contributed by atoms with Gasteiger partial charge in [-0.05, 0) is 48.0 Å². The number of non-ortho nitro benzene ring substituents is 1. The van der Waals surface area contributed by atoms with E-state index in [9.17, 15) is 18.5 Å². The van der Waals surface area contributed by atoms with Crippen molar-refractivity contribution in [2.75, 3.05) is 10.1 Å². The van der Waals surface area contributed by atoms with Gasteiger partial charge in [-0.15, -0.1) is 0 Å². The van der Waals surface area contributed by atoms with Crippen LogP contribution in [0.25, 0.3) is 0 Å². The van der Waals surface area contributed by atoms with Gasteiger partial charge in [-0.3, -0.25) is 20.3 Å². The van der Waals surface area contributed by atoms with Gasteiger partial charge in [0.25, 0.3) is 15.7 Å². The molecule has 36 heavy (non-hydrogen) atoms. The van der Waals surface area contributed by atoms with Crippen molar-refractivity contribution in [1.29, 1.82) is 0 Å². The van der Waals surface area contributed by atoms with Crippen LogP contribution in [0.3, 0.4) is 0 Å². The van der Waals surface area contributed by atoms with Crippen LogP contribution < -0.4 is 14.9 Å². The number of nitrogens with one attached hydrogen (secondary N) is 2. The molecule has 0 aliphatic heterocycles. The zero-order valence-corrected chi connectivity index (χ0v) is 20.1. The normalized spacial score (nSPS) is 11.2. The van der Waals surface area contributed by atoms with Crippen LogP contribution in [0.1, 0.15) is 5.56 Å². The quantitative estimate of drug-likeness (QED) is 0.151.